The van der Waals surface area contributed by atoms with Crippen LogP contribution in [0.4, 0.5) is 0 Å². The Morgan fingerprint density at radius 3 is 2.79 bits per heavy atom. The number of carbonyl (C=O) groups excluding carboxylic acids is 1. The zero-order valence-corrected chi connectivity index (χ0v) is 14.6. The second-order valence-corrected chi connectivity index (χ2v) is 9.76. The summed E-state index contributed by atoms with van der Waals surface area (Å²) in [4.78, 5) is 13.0. The quantitative estimate of drug-likeness (QED) is 0.784. The van der Waals surface area contributed by atoms with Crippen molar-refractivity contribution in [2.75, 3.05) is 5.75 Å². The number of amides is 1. The fraction of sp³-hybridized carbons (Fsp3) is 0.556. The van der Waals surface area contributed by atoms with Gasteiger partial charge in [0.1, 0.15) is 0 Å². The Balaban J connectivity index is 1.79. The Kier molecular flexibility index (Phi) is 3.00. The van der Waals surface area contributed by atoms with Gasteiger partial charge in [0, 0.05) is 11.0 Å². The van der Waals surface area contributed by atoms with Gasteiger partial charge in [0.05, 0.1) is 23.4 Å². The second-order valence-electron chi connectivity index (χ2n) is 7.91. The molecule has 1 heterocycles. The lowest BCUT2D eigenvalue weighted by atomic mass is 9.69. The summed E-state index contributed by atoms with van der Waals surface area (Å²) >= 11 is 0. The molecule has 2 aliphatic carbocycles. The first-order chi connectivity index (χ1) is 11.2. The molecular weight excluding hydrogens is 324 g/mol. The largest absolute Gasteiger partial charge is 0.268 e. The first kappa shape index (κ1) is 15.6. The molecule has 0 aromatic heterocycles. The number of nitrogens with zero attached hydrogens (tertiary/aromatic N) is 2. The van der Waals surface area contributed by atoms with Crippen molar-refractivity contribution in [3.63, 3.8) is 0 Å². The van der Waals surface area contributed by atoms with Crippen molar-refractivity contribution in [1.82, 2.24) is 4.31 Å². The van der Waals surface area contributed by atoms with E-state index in [1.54, 1.807) is 18.2 Å². The second kappa shape index (κ2) is 4.60. The molecule has 3 fully saturated rings. The Hall–Kier alpha value is -1.87. The molecule has 0 radical (unpaired) electrons. The van der Waals surface area contributed by atoms with Gasteiger partial charge in [-0.3, -0.25) is 4.79 Å². The number of nitriles is 1. The molecule has 3 aliphatic rings. The van der Waals surface area contributed by atoms with Crippen molar-refractivity contribution in [1.29, 1.82) is 5.26 Å². The number of benzene rings is 1. The van der Waals surface area contributed by atoms with Gasteiger partial charge in [0.25, 0.3) is 5.91 Å². The summed E-state index contributed by atoms with van der Waals surface area (Å²) in [5, 5.41) is 9.02. The van der Waals surface area contributed by atoms with Crippen molar-refractivity contribution >= 4 is 15.9 Å². The number of hydrogen-bond donors (Lipinski definition) is 0. The van der Waals surface area contributed by atoms with Gasteiger partial charge in [-0.25, -0.2) is 12.7 Å². The number of rotatable bonds is 1. The van der Waals surface area contributed by atoms with Crippen LogP contribution >= 0.6 is 0 Å². The van der Waals surface area contributed by atoms with Crippen LogP contribution in [0.2, 0.25) is 0 Å². The highest BCUT2D eigenvalue weighted by Crippen LogP contribution is 2.70. The average molecular weight is 344 g/mol. The molecule has 1 aromatic carbocycles. The Bertz CT molecular complexity index is 884. The van der Waals surface area contributed by atoms with Crippen LogP contribution in [0.1, 0.15) is 49.0 Å². The first-order valence-electron chi connectivity index (χ1n) is 8.29. The predicted octanol–water partition coefficient (Wildman–Crippen LogP) is 2.54. The molecule has 0 N–H and O–H groups in total. The summed E-state index contributed by atoms with van der Waals surface area (Å²) in [6, 6.07) is 8.04. The van der Waals surface area contributed by atoms with Crippen molar-refractivity contribution in [2.24, 2.45) is 16.7 Å². The maximum absolute atomic E-state index is 13.0. The fourth-order valence-electron chi connectivity index (χ4n) is 5.41. The van der Waals surface area contributed by atoms with Crippen LogP contribution in [0.25, 0.3) is 0 Å². The molecule has 1 saturated heterocycles. The van der Waals surface area contributed by atoms with Gasteiger partial charge < -0.3 is 0 Å². The van der Waals surface area contributed by atoms with Crippen LogP contribution in [-0.4, -0.2) is 30.4 Å². The minimum absolute atomic E-state index is 0.0612. The van der Waals surface area contributed by atoms with Crippen molar-refractivity contribution < 1.29 is 13.2 Å². The van der Waals surface area contributed by atoms with Crippen molar-refractivity contribution in [3.8, 4) is 6.07 Å². The lowest BCUT2D eigenvalue weighted by Gasteiger charge is -2.37. The molecule has 4 rings (SSSR count). The van der Waals surface area contributed by atoms with Crippen LogP contribution in [0.3, 0.4) is 0 Å². The molecule has 6 heteroatoms. The van der Waals surface area contributed by atoms with E-state index in [0.29, 0.717) is 11.5 Å². The third-order valence-electron chi connectivity index (χ3n) is 6.85. The summed E-state index contributed by atoms with van der Waals surface area (Å²) in [5.41, 5.74) is 0.253. The molecule has 5 nitrogen and oxygen atoms in total. The van der Waals surface area contributed by atoms with E-state index in [1.807, 2.05) is 6.07 Å². The van der Waals surface area contributed by atoms with Crippen molar-refractivity contribution in [3.05, 3.63) is 35.4 Å². The van der Waals surface area contributed by atoms with E-state index < -0.39 is 15.9 Å². The summed E-state index contributed by atoms with van der Waals surface area (Å²) in [6.07, 6.45) is 2.68. The molecule has 24 heavy (non-hydrogen) atoms. The summed E-state index contributed by atoms with van der Waals surface area (Å²) in [6.45, 7) is 4.31. The Morgan fingerprint density at radius 2 is 2.12 bits per heavy atom. The lowest BCUT2D eigenvalue weighted by molar-refractivity contribution is 0.0701. The summed E-state index contributed by atoms with van der Waals surface area (Å²) < 4.78 is 26.9. The van der Waals surface area contributed by atoms with Crippen LogP contribution < -0.4 is 0 Å². The molecule has 2 saturated carbocycles. The molecule has 1 amide bonds. The topological polar surface area (TPSA) is 78.2 Å². The first-order valence-corrected chi connectivity index (χ1v) is 9.90. The lowest BCUT2D eigenvalue weighted by Crippen LogP contribution is -2.44. The van der Waals surface area contributed by atoms with E-state index in [2.05, 4.69) is 13.8 Å². The Labute approximate surface area is 142 Å². The van der Waals surface area contributed by atoms with E-state index in [9.17, 15) is 13.2 Å². The zero-order valence-electron chi connectivity index (χ0n) is 13.8. The normalized spacial score (nSPS) is 34.8. The van der Waals surface area contributed by atoms with Gasteiger partial charge in [0.2, 0.25) is 10.0 Å². The minimum atomic E-state index is -3.63. The van der Waals surface area contributed by atoms with E-state index in [0.717, 1.165) is 23.6 Å². The SMILES string of the molecule is CC1(C)[C@@H]2CC[C@@]13CS(=O)(=O)N(C(=O)c1cccc(C#N)c1)[C@@H]3C2. The van der Waals surface area contributed by atoms with Crippen LogP contribution in [0.5, 0.6) is 0 Å². The zero-order chi connectivity index (χ0) is 17.3. The third-order valence-corrected chi connectivity index (χ3v) is 8.75. The van der Waals surface area contributed by atoms with Gasteiger partial charge in [-0.05, 0) is 48.8 Å². The number of hydrogen-bond acceptors (Lipinski definition) is 4. The maximum Gasteiger partial charge on any atom is 0.267 e. The van der Waals surface area contributed by atoms with Crippen LogP contribution in [-0.2, 0) is 10.0 Å². The molecule has 126 valence electrons. The number of sulfonamides is 1. The highest BCUT2D eigenvalue weighted by molar-refractivity contribution is 7.90. The number of fused-ring (bicyclic) bond motifs is 1. The predicted molar refractivity (Wildman–Crippen MR) is 88.5 cm³/mol. The average Bonchev–Trinajstić information content (AvgIpc) is 3.01. The smallest absolute Gasteiger partial charge is 0.267 e. The van der Waals surface area contributed by atoms with Gasteiger partial charge in [0.15, 0.2) is 0 Å². The maximum atomic E-state index is 13.0. The van der Waals surface area contributed by atoms with Crippen LogP contribution in [0.15, 0.2) is 24.3 Å². The standard InChI is InChI=1S/C18H20N2O3S/c1-17(2)14-6-7-18(17)11-24(22,23)20(15(18)9-14)16(21)13-5-3-4-12(8-13)10-19/h3-5,8,14-15H,6-7,9,11H2,1-2H3/t14-,15-,18+/m1/s1. The molecule has 2 bridgehead atoms. The Morgan fingerprint density at radius 1 is 1.38 bits per heavy atom. The van der Waals surface area contributed by atoms with E-state index >= 15 is 0 Å². The summed E-state index contributed by atoms with van der Waals surface area (Å²) in [5.74, 6) is 0.0498. The van der Waals surface area contributed by atoms with E-state index in [-0.39, 0.29) is 28.2 Å². The van der Waals surface area contributed by atoms with Gasteiger partial charge in [-0.2, -0.15) is 5.26 Å². The highest BCUT2D eigenvalue weighted by Gasteiger charge is 2.72. The highest BCUT2D eigenvalue weighted by atomic mass is 32.2. The van der Waals surface area contributed by atoms with Gasteiger partial charge >= 0.3 is 0 Å². The molecule has 0 unspecified atom stereocenters. The molecule has 1 aromatic rings. The van der Waals surface area contributed by atoms with Gasteiger partial charge in [-0.15, -0.1) is 0 Å². The van der Waals surface area contributed by atoms with Crippen molar-refractivity contribution in [2.45, 2.75) is 39.2 Å². The van der Waals surface area contributed by atoms with E-state index in [1.165, 1.54) is 6.07 Å². The fourth-order valence-corrected chi connectivity index (χ4v) is 7.94. The van der Waals surface area contributed by atoms with Gasteiger partial charge in [-0.1, -0.05) is 19.9 Å². The molecule has 1 aliphatic heterocycles. The molecule has 3 atom stereocenters. The van der Waals surface area contributed by atoms with Crippen LogP contribution in [0, 0.1) is 28.1 Å². The minimum Gasteiger partial charge on any atom is -0.268 e. The number of carbonyl (C=O) groups is 1. The third kappa shape index (κ3) is 1.74. The molecular formula is C18H20N2O3S. The monoisotopic (exact) mass is 344 g/mol. The summed E-state index contributed by atoms with van der Waals surface area (Å²) in [7, 11) is -3.63. The molecule has 1 spiro atoms. The van der Waals surface area contributed by atoms with E-state index in [4.69, 9.17) is 5.26 Å².